The van der Waals surface area contributed by atoms with Crippen LogP contribution in [0.25, 0.3) is 22.2 Å². The number of carbonyl (C=O) groups is 1. The molecule has 1 aliphatic rings. The summed E-state index contributed by atoms with van der Waals surface area (Å²) >= 11 is 0. The number of piperazine rings is 1. The highest BCUT2D eigenvalue weighted by Crippen LogP contribution is 2.30. The van der Waals surface area contributed by atoms with Gasteiger partial charge in [-0.05, 0) is 51.5 Å². The van der Waals surface area contributed by atoms with E-state index in [9.17, 15) is 4.79 Å². The predicted octanol–water partition coefficient (Wildman–Crippen LogP) is 3.22. The second kappa shape index (κ2) is 12.1. The fourth-order valence-corrected chi connectivity index (χ4v) is 4.46. The molecule has 0 atom stereocenters. The number of nitrogens with one attached hydrogen (secondary N) is 2. The van der Waals surface area contributed by atoms with Gasteiger partial charge in [-0.1, -0.05) is 18.2 Å². The first-order valence-electron chi connectivity index (χ1n) is 13.2. The van der Waals surface area contributed by atoms with Crippen molar-refractivity contribution >= 4 is 45.8 Å². The molecule has 0 aliphatic carbocycles. The van der Waals surface area contributed by atoms with Gasteiger partial charge in [0.15, 0.2) is 0 Å². The van der Waals surface area contributed by atoms with E-state index >= 15 is 0 Å². The lowest BCUT2D eigenvalue weighted by Gasteiger charge is -2.33. The minimum Gasteiger partial charge on any atom is -0.383 e. The van der Waals surface area contributed by atoms with Gasteiger partial charge >= 0.3 is 0 Å². The van der Waals surface area contributed by atoms with Crippen LogP contribution >= 0.6 is 0 Å². The molecule has 1 amide bonds. The number of hydrogen-bond acceptors (Lipinski definition) is 10. The first-order valence-corrected chi connectivity index (χ1v) is 13.2. The van der Waals surface area contributed by atoms with E-state index in [-0.39, 0.29) is 5.91 Å². The van der Waals surface area contributed by atoms with Crippen molar-refractivity contribution < 1.29 is 4.79 Å². The first kappa shape index (κ1) is 27.0. The number of fused-ring (bicyclic) bond motifs is 1. The van der Waals surface area contributed by atoms with Crippen LogP contribution in [0.2, 0.25) is 0 Å². The van der Waals surface area contributed by atoms with Crippen molar-refractivity contribution in [2.75, 3.05) is 75.1 Å². The minimum atomic E-state index is -0.199. The van der Waals surface area contributed by atoms with Crippen molar-refractivity contribution in [3.05, 3.63) is 67.0 Å². The molecule has 11 nitrogen and oxygen atoms in total. The van der Waals surface area contributed by atoms with Crippen molar-refractivity contribution in [1.82, 2.24) is 29.7 Å². The maximum absolute atomic E-state index is 12.4. The maximum Gasteiger partial charge on any atom is 0.248 e. The van der Waals surface area contributed by atoms with E-state index in [1.165, 1.54) is 6.08 Å². The van der Waals surface area contributed by atoms with Gasteiger partial charge in [0.05, 0.1) is 17.6 Å². The van der Waals surface area contributed by atoms with Crippen LogP contribution in [0.5, 0.6) is 0 Å². The Hall–Kier alpha value is -4.61. The van der Waals surface area contributed by atoms with Crippen molar-refractivity contribution in [1.29, 1.82) is 0 Å². The van der Waals surface area contributed by atoms with Gasteiger partial charge in [0.25, 0.3) is 0 Å². The molecule has 5 rings (SSSR count). The van der Waals surface area contributed by atoms with E-state index in [1.807, 2.05) is 61.5 Å². The number of benzene rings is 1. The molecule has 40 heavy (non-hydrogen) atoms. The highest BCUT2D eigenvalue weighted by molar-refractivity contribution is 6.01. The zero-order chi connectivity index (χ0) is 28.1. The van der Waals surface area contributed by atoms with Crippen molar-refractivity contribution in [3.63, 3.8) is 0 Å². The standard InChI is InChI=1S/C29H34N10O/c1-37(2)13-5-8-25(40)33-21-7-4-6-20(18-21)26-27-23(11-12-31-26)28(30)36-29(35-27)34-22-9-10-24(32-19-22)39-16-14-38(3)15-17-39/h4-12,18-19H,13-17H2,1-3H3,(H,33,40)(H3,30,34,35,36)/b8-5+. The van der Waals surface area contributed by atoms with Crippen LogP contribution < -0.4 is 21.3 Å². The van der Waals surface area contributed by atoms with Crippen molar-refractivity contribution in [2.24, 2.45) is 0 Å². The van der Waals surface area contributed by atoms with Gasteiger partial charge in [-0.25, -0.2) is 9.97 Å². The largest absolute Gasteiger partial charge is 0.383 e. The Morgan fingerprint density at radius 2 is 1.88 bits per heavy atom. The van der Waals surface area contributed by atoms with Gasteiger partial charge in [0, 0.05) is 61.6 Å². The summed E-state index contributed by atoms with van der Waals surface area (Å²) in [6.07, 6.45) is 6.80. The Morgan fingerprint density at radius 3 is 2.62 bits per heavy atom. The number of nitrogens with zero attached hydrogens (tertiary/aromatic N) is 7. The quantitative estimate of drug-likeness (QED) is 0.288. The molecule has 0 bridgehead atoms. The number of carbonyl (C=O) groups excluding carboxylic acids is 1. The Kier molecular flexibility index (Phi) is 8.13. The van der Waals surface area contributed by atoms with E-state index in [0.717, 1.165) is 43.2 Å². The Bertz CT molecular complexity index is 1510. The monoisotopic (exact) mass is 538 g/mol. The fraction of sp³-hybridized carbons (Fsp3) is 0.276. The minimum absolute atomic E-state index is 0.199. The molecule has 1 saturated heterocycles. The number of anilines is 5. The molecule has 4 heterocycles. The number of aromatic nitrogens is 4. The molecule has 1 fully saturated rings. The van der Waals surface area contributed by atoms with E-state index in [2.05, 4.69) is 42.4 Å². The molecular weight excluding hydrogens is 504 g/mol. The van der Waals surface area contributed by atoms with Crippen LogP contribution in [0.4, 0.5) is 29.0 Å². The van der Waals surface area contributed by atoms with E-state index < -0.39 is 0 Å². The highest BCUT2D eigenvalue weighted by Gasteiger charge is 2.16. The summed E-state index contributed by atoms with van der Waals surface area (Å²) in [6, 6.07) is 13.3. The van der Waals surface area contributed by atoms with Crippen LogP contribution in [0.15, 0.2) is 67.0 Å². The molecule has 0 unspecified atom stereocenters. The van der Waals surface area contributed by atoms with Gasteiger partial charge in [0.2, 0.25) is 11.9 Å². The van der Waals surface area contributed by atoms with Gasteiger partial charge in [-0.15, -0.1) is 0 Å². The van der Waals surface area contributed by atoms with Crippen molar-refractivity contribution in [2.45, 2.75) is 0 Å². The Balaban J connectivity index is 1.37. The highest BCUT2D eigenvalue weighted by atomic mass is 16.1. The summed E-state index contributed by atoms with van der Waals surface area (Å²) in [7, 11) is 6.03. The summed E-state index contributed by atoms with van der Waals surface area (Å²) < 4.78 is 0. The zero-order valence-electron chi connectivity index (χ0n) is 23.0. The average Bonchev–Trinajstić information content (AvgIpc) is 2.94. The number of nitrogens with two attached hydrogens (primary N) is 1. The Labute approximate surface area is 233 Å². The molecule has 1 aliphatic heterocycles. The lowest BCUT2D eigenvalue weighted by atomic mass is 10.1. The zero-order valence-corrected chi connectivity index (χ0v) is 23.0. The SMILES string of the molecule is CN(C)C/C=C/C(=O)Nc1cccc(-c2nccc3c(N)nc(Nc4ccc(N5CCN(C)CC5)nc4)nc23)c1. The fourth-order valence-electron chi connectivity index (χ4n) is 4.46. The molecule has 206 valence electrons. The van der Waals surface area contributed by atoms with Crippen LogP contribution in [0.3, 0.4) is 0 Å². The molecule has 11 heteroatoms. The second-order valence-corrected chi connectivity index (χ2v) is 10.0. The molecule has 1 aromatic carbocycles. The summed E-state index contributed by atoms with van der Waals surface area (Å²) in [4.78, 5) is 37.4. The molecule has 0 spiro atoms. The number of pyridine rings is 2. The summed E-state index contributed by atoms with van der Waals surface area (Å²) in [5.41, 5.74) is 9.79. The van der Waals surface area contributed by atoms with Gasteiger partial charge < -0.3 is 31.1 Å². The van der Waals surface area contributed by atoms with Crippen LogP contribution in [-0.4, -0.2) is 89.5 Å². The lowest BCUT2D eigenvalue weighted by molar-refractivity contribution is -0.111. The third-order valence-corrected chi connectivity index (χ3v) is 6.62. The van der Waals surface area contributed by atoms with E-state index in [1.54, 1.807) is 18.5 Å². The summed E-state index contributed by atoms with van der Waals surface area (Å²) in [6.45, 7) is 4.63. The summed E-state index contributed by atoms with van der Waals surface area (Å²) in [5.74, 6) is 1.44. The molecule has 0 saturated carbocycles. The van der Waals surface area contributed by atoms with Crippen LogP contribution in [-0.2, 0) is 4.79 Å². The normalized spacial score (nSPS) is 14.2. The maximum atomic E-state index is 12.4. The molecular formula is C29H34N10O. The van der Waals surface area contributed by atoms with Gasteiger partial charge in [-0.2, -0.15) is 4.98 Å². The Morgan fingerprint density at radius 1 is 1.05 bits per heavy atom. The number of hydrogen-bond donors (Lipinski definition) is 3. The molecule has 4 N–H and O–H groups in total. The average molecular weight is 539 g/mol. The molecule has 4 aromatic rings. The topological polar surface area (TPSA) is 128 Å². The third kappa shape index (κ3) is 6.50. The lowest BCUT2D eigenvalue weighted by Crippen LogP contribution is -2.44. The summed E-state index contributed by atoms with van der Waals surface area (Å²) in [5, 5.41) is 6.83. The van der Waals surface area contributed by atoms with Crippen LogP contribution in [0, 0.1) is 0 Å². The smallest absolute Gasteiger partial charge is 0.248 e. The molecule has 0 radical (unpaired) electrons. The van der Waals surface area contributed by atoms with Crippen molar-refractivity contribution in [3.8, 4) is 11.3 Å². The number of nitrogen functional groups attached to an aromatic ring is 1. The second-order valence-electron chi connectivity index (χ2n) is 10.0. The number of likely N-dealkylation sites (N-methyl/N-ethyl adjacent to an activating group) is 2. The van der Waals surface area contributed by atoms with Gasteiger partial charge in [-0.3, -0.25) is 9.78 Å². The number of amides is 1. The predicted molar refractivity (Wildman–Crippen MR) is 161 cm³/mol. The van der Waals surface area contributed by atoms with E-state index in [0.29, 0.717) is 40.6 Å². The van der Waals surface area contributed by atoms with E-state index in [4.69, 9.17) is 10.7 Å². The third-order valence-electron chi connectivity index (χ3n) is 6.62. The molecule has 3 aromatic heterocycles. The number of rotatable bonds is 8. The first-order chi connectivity index (χ1) is 19.4. The van der Waals surface area contributed by atoms with Crippen LogP contribution in [0.1, 0.15) is 0 Å². The van der Waals surface area contributed by atoms with Gasteiger partial charge in [0.1, 0.15) is 17.2 Å².